The van der Waals surface area contributed by atoms with E-state index in [4.69, 9.17) is 5.73 Å². The maximum atomic E-state index is 11.1. The van der Waals surface area contributed by atoms with Crippen molar-refractivity contribution in [2.45, 2.75) is 19.4 Å². The molecule has 2 aromatic heterocycles. The molecule has 0 aliphatic carbocycles. The molecule has 0 aliphatic heterocycles. The van der Waals surface area contributed by atoms with E-state index in [1.807, 2.05) is 43.0 Å². The first-order valence-electron chi connectivity index (χ1n) is 7.52. The summed E-state index contributed by atoms with van der Waals surface area (Å²) in [7, 11) is 0. The Bertz CT molecular complexity index is 777. The number of nitrogens with zero attached hydrogens (tertiary/aromatic N) is 3. The fourth-order valence-electron chi connectivity index (χ4n) is 2.63. The Morgan fingerprint density at radius 1 is 1.17 bits per heavy atom. The van der Waals surface area contributed by atoms with Crippen LogP contribution in [0.25, 0.3) is 11.1 Å². The topological polar surface area (TPSA) is 73.8 Å². The SMILES string of the molecule is CCC(c1ccc(-c2ccc(C(N)=O)cc2)cn1)n1ccnc1. The molecule has 5 heteroatoms. The Labute approximate surface area is 134 Å². The van der Waals surface area contributed by atoms with Gasteiger partial charge in [-0.2, -0.15) is 0 Å². The molecule has 0 bridgehead atoms. The van der Waals surface area contributed by atoms with Crippen LogP contribution in [0.15, 0.2) is 61.3 Å². The molecule has 0 radical (unpaired) electrons. The van der Waals surface area contributed by atoms with Crippen molar-refractivity contribution in [3.63, 3.8) is 0 Å². The van der Waals surface area contributed by atoms with E-state index < -0.39 is 5.91 Å². The van der Waals surface area contributed by atoms with Gasteiger partial charge in [-0.3, -0.25) is 9.78 Å². The van der Waals surface area contributed by atoms with Crippen molar-refractivity contribution in [2.75, 3.05) is 0 Å². The van der Waals surface area contributed by atoms with Gasteiger partial charge in [-0.25, -0.2) is 4.98 Å². The van der Waals surface area contributed by atoms with Gasteiger partial charge < -0.3 is 10.3 Å². The van der Waals surface area contributed by atoms with Crippen molar-refractivity contribution >= 4 is 5.91 Å². The van der Waals surface area contributed by atoms with E-state index in [0.717, 1.165) is 23.2 Å². The predicted octanol–water partition coefficient (Wildman–Crippen LogP) is 3.04. The molecule has 116 valence electrons. The highest BCUT2D eigenvalue weighted by molar-refractivity contribution is 5.93. The lowest BCUT2D eigenvalue weighted by atomic mass is 10.0. The molecule has 2 N–H and O–H groups in total. The van der Waals surface area contributed by atoms with E-state index in [0.29, 0.717) is 5.56 Å². The quantitative estimate of drug-likeness (QED) is 0.787. The van der Waals surface area contributed by atoms with Gasteiger partial charge in [0.15, 0.2) is 0 Å². The van der Waals surface area contributed by atoms with Crippen LogP contribution < -0.4 is 5.73 Å². The Morgan fingerprint density at radius 2 is 1.91 bits per heavy atom. The highest BCUT2D eigenvalue weighted by Gasteiger charge is 2.12. The van der Waals surface area contributed by atoms with E-state index in [-0.39, 0.29) is 6.04 Å². The van der Waals surface area contributed by atoms with Gasteiger partial charge in [-0.15, -0.1) is 0 Å². The number of pyridine rings is 1. The molecule has 0 saturated carbocycles. The zero-order valence-electron chi connectivity index (χ0n) is 12.9. The summed E-state index contributed by atoms with van der Waals surface area (Å²) in [5.41, 5.74) is 8.77. The van der Waals surface area contributed by atoms with Gasteiger partial charge in [0.25, 0.3) is 0 Å². The first-order chi connectivity index (χ1) is 11.2. The zero-order chi connectivity index (χ0) is 16.2. The van der Waals surface area contributed by atoms with Crippen molar-refractivity contribution in [1.29, 1.82) is 0 Å². The van der Waals surface area contributed by atoms with Crippen LogP contribution in [0.2, 0.25) is 0 Å². The lowest BCUT2D eigenvalue weighted by Gasteiger charge is -2.16. The van der Waals surface area contributed by atoms with Crippen LogP contribution in [-0.2, 0) is 0 Å². The number of hydrogen-bond donors (Lipinski definition) is 1. The maximum absolute atomic E-state index is 11.1. The summed E-state index contributed by atoms with van der Waals surface area (Å²) < 4.78 is 2.06. The Balaban J connectivity index is 1.85. The second-order valence-corrected chi connectivity index (χ2v) is 5.35. The van der Waals surface area contributed by atoms with Crippen molar-refractivity contribution in [3.05, 3.63) is 72.6 Å². The van der Waals surface area contributed by atoms with Gasteiger partial charge in [0, 0.05) is 29.7 Å². The van der Waals surface area contributed by atoms with Gasteiger partial charge >= 0.3 is 0 Å². The number of hydrogen-bond acceptors (Lipinski definition) is 3. The standard InChI is InChI=1S/C18H18N4O/c1-2-17(22-10-9-20-12-22)16-8-7-15(11-21-16)13-3-5-14(6-4-13)18(19)23/h3-12,17H,2H2,1H3,(H2,19,23). The number of primary amides is 1. The van der Waals surface area contributed by atoms with Gasteiger partial charge in [-0.1, -0.05) is 25.1 Å². The van der Waals surface area contributed by atoms with Crippen LogP contribution in [0.3, 0.4) is 0 Å². The third-order valence-electron chi connectivity index (χ3n) is 3.90. The lowest BCUT2D eigenvalue weighted by Crippen LogP contribution is -2.10. The molecule has 0 fully saturated rings. The Kier molecular flexibility index (Phi) is 4.19. The number of carbonyl (C=O) groups excluding carboxylic acids is 1. The van der Waals surface area contributed by atoms with Gasteiger partial charge in [-0.05, 0) is 30.2 Å². The van der Waals surface area contributed by atoms with E-state index in [2.05, 4.69) is 21.5 Å². The largest absolute Gasteiger partial charge is 0.366 e. The Morgan fingerprint density at radius 3 is 2.43 bits per heavy atom. The maximum Gasteiger partial charge on any atom is 0.248 e. The van der Waals surface area contributed by atoms with Crippen molar-refractivity contribution < 1.29 is 4.79 Å². The summed E-state index contributed by atoms with van der Waals surface area (Å²) in [6, 6.07) is 11.5. The number of amides is 1. The third kappa shape index (κ3) is 3.13. The van der Waals surface area contributed by atoms with E-state index in [1.165, 1.54) is 0 Å². The molecule has 1 unspecified atom stereocenters. The van der Waals surface area contributed by atoms with Crippen LogP contribution in [0.1, 0.15) is 35.4 Å². The molecule has 0 spiro atoms. The summed E-state index contributed by atoms with van der Waals surface area (Å²) in [5, 5.41) is 0. The van der Waals surface area contributed by atoms with Gasteiger partial charge in [0.05, 0.1) is 18.1 Å². The molecular formula is C18H18N4O. The summed E-state index contributed by atoms with van der Waals surface area (Å²) in [5.74, 6) is -0.420. The molecule has 23 heavy (non-hydrogen) atoms. The molecule has 1 amide bonds. The van der Waals surface area contributed by atoms with Crippen LogP contribution in [0, 0.1) is 0 Å². The van der Waals surface area contributed by atoms with E-state index in [1.54, 1.807) is 18.3 Å². The monoisotopic (exact) mass is 306 g/mol. The molecule has 3 rings (SSSR count). The number of carbonyl (C=O) groups is 1. The zero-order valence-corrected chi connectivity index (χ0v) is 12.9. The third-order valence-corrected chi connectivity index (χ3v) is 3.90. The smallest absolute Gasteiger partial charge is 0.248 e. The first kappa shape index (κ1) is 15.0. The van der Waals surface area contributed by atoms with Crippen LogP contribution >= 0.6 is 0 Å². The van der Waals surface area contributed by atoms with Crippen LogP contribution in [0.4, 0.5) is 0 Å². The normalized spacial score (nSPS) is 12.0. The molecule has 1 aromatic carbocycles. The summed E-state index contributed by atoms with van der Waals surface area (Å²) in [6.45, 7) is 2.13. The molecule has 0 aliphatic rings. The lowest BCUT2D eigenvalue weighted by molar-refractivity contribution is 0.100. The van der Waals surface area contributed by atoms with Crippen molar-refractivity contribution in [1.82, 2.24) is 14.5 Å². The minimum absolute atomic E-state index is 0.184. The second kappa shape index (κ2) is 6.44. The highest BCUT2D eigenvalue weighted by atomic mass is 16.1. The summed E-state index contributed by atoms with van der Waals surface area (Å²) in [6.07, 6.45) is 8.33. The molecule has 0 saturated heterocycles. The summed E-state index contributed by atoms with van der Waals surface area (Å²) in [4.78, 5) is 19.8. The average molecular weight is 306 g/mol. The molecular weight excluding hydrogens is 288 g/mol. The van der Waals surface area contributed by atoms with Crippen molar-refractivity contribution in [2.24, 2.45) is 5.73 Å². The minimum Gasteiger partial charge on any atom is -0.366 e. The van der Waals surface area contributed by atoms with Gasteiger partial charge in [0.2, 0.25) is 5.91 Å². The molecule has 5 nitrogen and oxygen atoms in total. The van der Waals surface area contributed by atoms with Crippen LogP contribution in [-0.4, -0.2) is 20.4 Å². The molecule has 3 aromatic rings. The Hall–Kier alpha value is -2.95. The number of benzene rings is 1. The fraction of sp³-hybridized carbons (Fsp3) is 0.167. The number of nitrogens with two attached hydrogens (primary N) is 1. The number of aromatic nitrogens is 3. The highest BCUT2D eigenvalue weighted by Crippen LogP contribution is 2.23. The second-order valence-electron chi connectivity index (χ2n) is 5.35. The number of rotatable bonds is 5. The van der Waals surface area contributed by atoms with E-state index in [9.17, 15) is 4.79 Å². The average Bonchev–Trinajstić information content (AvgIpc) is 3.10. The first-order valence-corrected chi connectivity index (χ1v) is 7.52. The molecule has 2 heterocycles. The summed E-state index contributed by atoms with van der Waals surface area (Å²) >= 11 is 0. The number of imidazole rings is 1. The van der Waals surface area contributed by atoms with Crippen LogP contribution in [0.5, 0.6) is 0 Å². The fourth-order valence-corrected chi connectivity index (χ4v) is 2.63. The van der Waals surface area contributed by atoms with Crippen molar-refractivity contribution in [3.8, 4) is 11.1 Å². The van der Waals surface area contributed by atoms with Gasteiger partial charge in [0.1, 0.15) is 0 Å². The molecule has 1 atom stereocenters. The minimum atomic E-state index is -0.420. The predicted molar refractivity (Wildman–Crippen MR) is 88.8 cm³/mol. The van der Waals surface area contributed by atoms with E-state index >= 15 is 0 Å².